The zero-order chi connectivity index (χ0) is 39.8. The molecule has 0 bridgehead atoms. The van der Waals surface area contributed by atoms with Crippen molar-refractivity contribution in [3.05, 3.63) is 273 Å². The van der Waals surface area contributed by atoms with Crippen LogP contribution >= 0.6 is 0 Å². The number of hydrogen-bond donors (Lipinski definition) is 0. The number of rotatable bonds is 5. The molecular weight excluding hydrogens is 723 g/mol. The number of nitrogens with zero attached hydrogens (tertiary/aromatic N) is 1. The van der Waals surface area contributed by atoms with Gasteiger partial charge in [0.1, 0.15) is 0 Å². The van der Waals surface area contributed by atoms with Gasteiger partial charge in [0.25, 0.3) is 0 Å². The molecule has 5 aromatic carbocycles. The van der Waals surface area contributed by atoms with Crippen LogP contribution < -0.4 is 0 Å². The molecule has 6 atom stereocenters. The standard InChI is InChI=1S/C59H45N/c60-38-39-33-35-40(36-34-39)55-46-24-7-9-26-48(46)56(49-27-10-8-25-47(49)55)41-17-15-22-44(37-41)58(42-18-3-1-4-19-42)52-30-13-14-31-53(52)59(43-20-5-2-6-21-43)51-29-12-11-23-45(51)50-28-16-32-54(58)57(50)59/h1-3,5-18,20-28,30-35,37,40,48,51,56H,4,19,29,36H2. The van der Waals surface area contributed by atoms with Crippen LogP contribution in [-0.2, 0) is 10.8 Å². The van der Waals surface area contributed by atoms with Crippen molar-refractivity contribution in [1.29, 1.82) is 5.26 Å². The maximum absolute atomic E-state index is 9.65. The van der Waals surface area contributed by atoms with Crippen LogP contribution in [-0.4, -0.2) is 0 Å². The van der Waals surface area contributed by atoms with Gasteiger partial charge in [0.15, 0.2) is 0 Å². The van der Waals surface area contributed by atoms with Crippen LogP contribution in [0.1, 0.15) is 87.2 Å². The van der Waals surface area contributed by atoms with Crippen molar-refractivity contribution in [2.24, 2.45) is 17.8 Å². The highest BCUT2D eigenvalue weighted by Gasteiger charge is 2.60. The second kappa shape index (κ2) is 13.7. The van der Waals surface area contributed by atoms with E-state index >= 15 is 0 Å². The van der Waals surface area contributed by atoms with Gasteiger partial charge in [0.05, 0.1) is 16.9 Å². The monoisotopic (exact) mass is 767 g/mol. The molecule has 0 radical (unpaired) electrons. The Morgan fingerprint density at radius 1 is 0.633 bits per heavy atom. The number of fused-ring (bicyclic) bond motifs is 7. The van der Waals surface area contributed by atoms with Crippen molar-refractivity contribution in [2.45, 2.75) is 42.4 Å². The molecule has 286 valence electrons. The van der Waals surface area contributed by atoms with E-state index in [1.54, 1.807) is 0 Å². The molecular formula is C59H45N. The van der Waals surface area contributed by atoms with E-state index in [1.807, 2.05) is 6.08 Å². The fourth-order valence-corrected chi connectivity index (χ4v) is 12.8. The van der Waals surface area contributed by atoms with E-state index in [0.29, 0.717) is 5.92 Å². The third-order valence-electron chi connectivity index (χ3n) is 14.9. The van der Waals surface area contributed by atoms with Crippen LogP contribution in [0.4, 0.5) is 0 Å². The van der Waals surface area contributed by atoms with Gasteiger partial charge in [0, 0.05) is 29.2 Å². The Morgan fingerprint density at radius 3 is 2.27 bits per heavy atom. The van der Waals surface area contributed by atoms with Gasteiger partial charge in [-0.3, -0.25) is 0 Å². The summed E-state index contributed by atoms with van der Waals surface area (Å²) in [5.41, 5.74) is 19.6. The van der Waals surface area contributed by atoms with E-state index < -0.39 is 5.41 Å². The van der Waals surface area contributed by atoms with Crippen LogP contribution in [0.2, 0.25) is 0 Å². The summed E-state index contributed by atoms with van der Waals surface area (Å²) in [6.45, 7) is 0. The molecule has 0 aromatic heterocycles. The molecule has 6 unspecified atom stereocenters. The fourth-order valence-electron chi connectivity index (χ4n) is 12.8. The quantitative estimate of drug-likeness (QED) is 0.175. The van der Waals surface area contributed by atoms with E-state index in [2.05, 4.69) is 200 Å². The summed E-state index contributed by atoms with van der Waals surface area (Å²) in [5, 5.41) is 9.65. The Bertz CT molecular complexity index is 2960. The molecule has 5 aromatic rings. The second-order valence-corrected chi connectivity index (χ2v) is 17.5. The first-order chi connectivity index (χ1) is 29.7. The Kier molecular flexibility index (Phi) is 8.01. The first-order valence-corrected chi connectivity index (χ1v) is 21.8. The van der Waals surface area contributed by atoms with E-state index in [4.69, 9.17) is 0 Å². The van der Waals surface area contributed by atoms with Crippen LogP contribution in [0.15, 0.2) is 217 Å². The Hall–Kier alpha value is -6.75. The maximum atomic E-state index is 9.65. The average molecular weight is 768 g/mol. The first-order valence-electron chi connectivity index (χ1n) is 21.8. The SMILES string of the molecule is N#CC1=CCC(C2=C3C=CC=CC3C(c3cccc(C4(C5=CC=CCC5)c5ccccc5C5(c6ccccc6)c6c(cccc64)C4=CC=CCC45)c3)c3ccccc32)C=C1. The number of hydrogen-bond acceptors (Lipinski definition) is 1. The first kappa shape index (κ1) is 35.2. The summed E-state index contributed by atoms with van der Waals surface area (Å²) < 4.78 is 0. The summed E-state index contributed by atoms with van der Waals surface area (Å²) in [4.78, 5) is 0. The fraction of sp³-hybridized carbons (Fsp3) is 0.169. The zero-order valence-corrected chi connectivity index (χ0v) is 33.6. The second-order valence-electron chi connectivity index (χ2n) is 17.5. The molecule has 0 N–H and O–H groups in total. The lowest BCUT2D eigenvalue weighted by molar-refractivity contribution is 0.450. The lowest BCUT2D eigenvalue weighted by Gasteiger charge is -2.52. The van der Waals surface area contributed by atoms with Crippen molar-refractivity contribution >= 4 is 11.1 Å². The highest BCUT2D eigenvalue weighted by Crippen LogP contribution is 2.68. The van der Waals surface area contributed by atoms with Crippen LogP contribution in [0.25, 0.3) is 11.1 Å². The third kappa shape index (κ3) is 4.74. The van der Waals surface area contributed by atoms with Crippen LogP contribution in [0, 0.1) is 29.1 Å². The summed E-state index contributed by atoms with van der Waals surface area (Å²) in [5.74, 6) is 0.846. The van der Waals surface area contributed by atoms with Gasteiger partial charge in [0.2, 0.25) is 0 Å². The topological polar surface area (TPSA) is 23.8 Å². The Labute approximate surface area is 353 Å². The summed E-state index contributed by atoms with van der Waals surface area (Å²) >= 11 is 0. The Balaban J connectivity index is 1.12. The van der Waals surface area contributed by atoms with Gasteiger partial charge < -0.3 is 0 Å². The molecule has 1 nitrogen and oxygen atoms in total. The molecule has 60 heavy (non-hydrogen) atoms. The molecule has 0 amide bonds. The summed E-state index contributed by atoms with van der Waals surface area (Å²) in [7, 11) is 0. The number of benzene rings is 5. The van der Waals surface area contributed by atoms with Gasteiger partial charge in [-0.1, -0.05) is 200 Å². The minimum Gasteiger partial charge on any atom is -0.192 e. The van der Waals surface area contributed by atoms with E-state index in [0.717, 1.165) is 31.3 Å². The summed E-state index contributed by atoms with van der Waals surface area (Å²) in [6, 6.07) is 49.5. The number of nitriles is 1. The zero-order valence-electron chi connectivity index (χ0n) is 33.6. The van der Waals surface area contributed by atoms with E-state index in [-0.39, 0.29) is 23.2 Å². The molecule has 7 aliphatic rings. The molecule has 12 rings (SSSR count). The normalized spacial score (nSPS) is 27.4. The minimum atomic E-state index is -0.500. The molecule has 0 heterocycles. The minimum absolute atomic E-state index is 0.138. The molecule has 0 saturated heterocycles. The van der Waals surface area contributed by atoms with Gasteiger partial charge in [-0.15, -0.1) is 0 Å². The largest absolute Gasteiger partial charge is 0.192 e. The van der Waals surface area contributed by atoms with Crippen molar-refractivity contribution < 1.29 is 0 Å². The highest BCUT2D eigenvalue weighted by atomic mass is 14.6. The lowest BCUT2D eigenvalue weighted by atomic mass is 9.49. The van der Waals surface area contributed by atoms with E-state index in [9.17, 15) is 5.26 Å². The van der Waals surface area contributed by atoms with Gasteiger partial charge >= 0.3 is 0 Å². The predicted molar refractivity (Wildman–Crippen MR) is 245 cm³/mol. The molecule has 0 fully saturated rings. The van der Waals surface area contributed by atoms with Gasteiger partial charge in [-0.05, 0) is 104 Å². The average Bonchev–Trinajstić information content (AvgIpc) is 3.64. The Morgan fingerprint density at radius 2 is 1.42 bits per heavy atom. The van der Waals surface area contributed by atoms with E-state index in [1.165, 1.54) is 77.9 Å². The highest BCUT2D eigenvalue weighted by molar-refractivity contribution is 5.89. The van der Waals surface area contributed by atoms with Crippen molar-refractivity contribution in [1.82, 2.24) is 0 Å². The lowest BCUT2D eigenvalue weighted by Crippen LogP contribution is -2.47. The molecule has 1 heteroatoms. The van der Waals surface area contributed by atoms with Gasteiger partial charge in [-0.2, -0.15) is 5.26 Å². The van der Waals surface area contributed by atoms with Gasteiger partial charge in [-0.25, -0.2) is 0 Å². The summed E-state index contributed by atoms with van der Waals surface area (Å²) in [6.07, 6.45) is 33.7. The smallest absolute Gasteiger partial charge is 0.0988 e. The maximum Gasteiger partial charge on any atom is 0.0988 e. The van der Waals surface area contributed by atoms with Crippen molar-refractivity contribution in [3.8, 4) is 6.07 Å². The van der Waals surface area contributed by atoms with Crippen LogP contribution in [0.5, 0.6) is 0 Å². The van der Waals surface area contributed by atoms with Crippen molar-refractivity contribution in [3.63, 3.8) is 0 Å². The molecule has 0 spiro atoms. The molecule has 0 aliphatic heterocycles. The predicted octanol–water partition coefficient (Wildman–Crippen LogP) is 13.6. The van der Waals surface area contributed by atoms with Crippen LogP contribution in [0.3, 0.4) is 0 Å². The molecule has 0 saturated carbocycles. The third-order valence-corrected chi connectivity index (χ3v) is 14.9. The number of allylic oxidation sites excluding steroid dienone is 18. The van der Waals surface area contributed by atoms with Crippen molar-refractivity contribution in [2.75, 3.05) is 0 Å². The molecule has 7 aliphatic carbocycles.